The molecule has 0 aliphatic heterocycles. The molecule has 0 saturated heterocycles. The first-order valence-electron chi connectivity index (χ1n) is 8.97. The van der Waals surface area contributed by atoms with Crippen LogP contribution in [0.15, 0.2) is 0 Å². The van der Waals surface area contributed by atoms with Gasteiger partial charge in [-0.2, -0.15) is 0 Å². The first kappa shape index (κ1) is 17.7. The normalized spacial score (nSPS) is 18.1. The van der Waals surface area contributed by atoms with E-state index >= 15 is 0 Å². The van der Waals surface area contributed by atoms with Crippen LogP contribution in [0.3, 0.4) is 0 Å². The predicted molar refractivity (Wildman–Crippen MR) is 86.9 cm³/mol. The summed E-state index contributed by atoms with van der Waals surface area (Å²) in [7, 11) is 0. The smallest absolute Gasteiger partial charge is 0.134 e. The second kappa shape index (κ2) is 10.4. The van der Waals surface area contributed by atoms with Crippen molar-refractivity contribution in [2.45, 2.75) is 109 Å². The third-order valence-corrected chi connectivity index (χ3v) is 4.71. The zero-order chi connectivity index (χ0) is 14.7. The molecular formula is C18H35NO. The van der Waals surface area contributed by atoms with Crippen molar-refractivity contribution in [2.24, 2.45) is 5.73 Å². The highest BCUT2D eigenvalue weighted by Gasteiger charge is 2.29. The van der Waals surface area contributed by atoms with Crippen molar-refractivity contribution in [3.05, 3.63) is 0 Å². The van der Waals surface area contributed by atoms with E-state index in [1.807, 2.05) is 0 Å². The number of Topliss-reactive ketones (excluding diaryl/α,β-unsaturated/α-hetero) is 1. The van der Waals surface area contributed by atoms with E-state index in [1.165, 1.54) is 64.2 Å². The van der Waals surface area contributed by atoms with Gasteiger partial charge in [-0.15, -0.1) is 0 Å². The van der Waals surface area contributed by atoms with E-state index in [0.29, 0.717) is 12.2 Å². The van der Waals surface area contributed by atoms with Gasteiger partial charge in [0.25, 0.3) is 0 Å². The number of carbonyl (C=O) groups is 1. The highest BCUT2D eigenvalue weighted by atomic mass is 16.1. The van der Waals surface area contributed by atoms with Gasteiger partial charge in [0.1, 0.15) is 5.78 Å². The second-order valence-electron chi connectivity index (χ2n) is 6.86. The Bertz CT molecular complexity index is 256. The van der Waals surface area contributed by atoms with Gasteiger partial charge >= 0.3 is 0 Å². The molecule has 0 amide bonds. The lowest BCUT2D eigenvalue weighted by atomic mass is 9.78. The fourth-order valence-electron chi connectivity index (χ4n) is 3.37. The van der Waals surface area contributed by atoms with Crippen molar-refractivity contribution in [1.29, 1.82) is 0 Å². The Kier molecular flexibility index (Phi) is 9.17. The zero-order valence-corrected chi connectivity index (χ0v) is 13.6. The maximum Gasteiger partial charge on any atom is 0.134 e. The largest absolute Gasteiger partial charge is 0.325 e. The summed E-state index contributed by atoms with van der Waals surface area (Å²) >= 11 is 0. The summed E-state index contributed by atoms with van der Waals surface area (Å²) in [6, 6.07) is 0. The van der Waals surface area contributed by atoms with Crippen molar-refractivity contribution < 1.29 is 4.79 Å². The molecular weight excluding hydrogens is 246 g/mol. The van der Waals surface area contributed by atoms with Crippen LogP contribution < -0.4 is 5.73 Å². The number of carbonyl (C=O) groups excluding carboxylic acids is 1. The van der Waals surface area contributed by atoms with Crippen LogP contribution in [0.25, 0.3) is 0 Å². The molecule has 0 atom stereocenters. The van der Waals surface area contributed by atoms with Gasteiger partial charge in [-0.1, -0.05) is 71.1 Å². The molecule has 0 unspecified atom stereocenters. The maximum absolute atomic E-state index is 12.0. The summed E-state index contributed by atoms with van der Waals surface area (Å²) in [4.78, 5) is 12.0. The highest BCUT2D eigenvalue weighted by Crippen LogP contribution is 2.29. The van der Waals surface area contributed by atoms with Gasteiger partial charge in [-0.3, -0.25) is 4.79 Å². The number of ketones is 1. The molecule has 1 aliphatic rings. The molecule has 2 heteroatoms. The van der Waals surface area contributed by atoms with E-state index < -0.39 is 0 Å². The van der Waals surface area contributed by atoms with Crippen LogP contribution in [0.4, 0.5) is 0 Å². The minimum Gasteiger partial charge on any atom is -0.325 e. The molecule has 0 bridgehead atoms. The number of hydrogen-bond donors (Lipinski definition) is 1. The van der Waals surface area contributed by atoms with Crippen molar-refractivity contribution in [3.63, 3.8) is 0 Å². The number of nitrogens with two attached hydrogens (primary N) is 1. The lowest BCUT2D eigenvalue weighted by Crippen LogP contribution is -2.43. The maximum atomic E-state index is 12.0. The molecule has 118 valence electrons. The average molecular weight is 281 g/mol. The molecule has 0 radical (unpaired) electrons. The van der Waals surface area contributed by atoms with Crippen LogP contribution in [-0.4, -0.2) is 11.3 Å². The fourth-order valence-corrected chi connectivity index (χ4v) is 3.37. The number of rotatable bonds is 11. The van der Waals surface area contributed by atoms with Crippen LogP contribution in [0, 0.1) is 0 Å². The second-order valence-corrected chi connectivity index (χ2v) is 6.86. The van der Waals surface area contributed by atoms with Gasteiger partial charge in [-0.25, -0.2) is 0 Å². The Morgan fingerprint density at radius 2 is 1.45 bits per heavy atom. The van der Waals surface area contributed by atoms with Gasteiger partial charge in [0.15, 0.2) is 0 Å². The molecule has 0 heterocycles. The molecule has 1 fully saturated rings. The predicted octanol–water partition coefficient (Wildman–Crippen LogP) is 5.14. The Morgan fingerprint density at radius 3 is 2.05 bits per heavy atom. The third-order valence-electron chi connectivity index (χ3n) is 4.71. The molecule has 0 aromatic carbocycles. The van der Waals surface area contributed by atoms with E-state index in [2.05, 4.69) is 6.92 Å². The zero-order valence-electron chi connectivity index (χ0n) is 13.6. The molecule has 0 aromatic heterocycles. The van der Waals surface area contributed by atoms with Crippen LogP contribution in [-0.2, 0) is 4.79 Å². The van der Waals surface area contributed by atoms with Crippen LogP contribution in [0.5, 0.6) is 0 Å². The first-order chi connectivity index (χ1) is 9.66. The number of hydrogen-bond acceptors (Lipinski definition) is 2. The first-order valence-corrected chi connectivity index (χ1v) is 8.97. The van der Waals surface area contributed by atoms with Crippen LogP contribution in [0.1, 0.15) is 103 Å². The lowest BCUT2D eigenvalue weighted by molar-refractivity contribution is -0.120. The topological polar surface area (TPSA) is 43.1 Å². The van der Waals surface area contributed by atoms with E-state index in [-0.39, 0.29) is 5.54 Å². The minimum atomic E-state index is -0.157. The molecule has 1 aliphatic carbocycles. The van der Waals surface area contributed by atoms with E-state index in [0.717, 1.165) is 25.7 Å². The van der Waals surface area contributed by atoms with Gasteiger partial charge < -0.3 is 5.73 Å². The van der Waals surface area contributed by atoms with E-state index in [4.69, 9.17) is 5.73 Å². The minimum absolute atomic E-state index is 0.157. The van der Waals surface area contributed by atoms with E-state index in [1.54, 1.807) is 0 Å². The van der Waals surface area contributed by atoms with Gasteiger partial charge in [0.2, 0.25) is 0 Å². The van der Waals surface area contributed by atoms with Crippen molar-refractivity contribution in [1.82, 2.24) is 0 Å². The molecule has 20 heavy (non-hydrogen) atoms. The third kappa shape index (κ3) is 8.04. The lowest BCUT2D eigenvalue weighted by Gasteiger charge is -2.32. The molecule has 2 N–H and O–H groups in total. The summed E-state index contributed by atoms with van der Waals surface area (Å²) in [5.74, 6) is 0.403. The van der Waals surface area contributed by atoms with Gasteiger partial charge in [-0.05, 0) is 19.3 Å². The molecule has 2 nitrogen and oxygen atoms in total. The standard InChI is InChI=1S/C18H35NO/c1-2-3-4-5-6-7-8-10-13-17(20)16-18(19)14-11-9-12-15-18/h2-16,19H2,1H3. The Labute approximate surface area is 125 Å². The highest BCUT2D eigenvalue weighted by molar-refractivity contribution is 5.79. The quantitative estimate of drug-likeness (QED) is 0.533. The summed E-state index contributed by atoms with van der Waals surface area (Å²) in [5.41, 5.74) is 6.18. The van der Waals surface area contributed by atoms with Crippen molar-refractivity contribution in [3.8, 4) is 0 Å². The Morgan fingerprint density at radius 1 is 0.900 bits per heavy atom. The molecule has 0 aromatic rings. The molecule has 1 saturated carbocycles. The SMILES string of the molecule is CCCCCCCCCCC(=O)CC1(N)CCCCC1. The average Bonchev–Trinajstić information content (AvgIpc) is 2.42. The van der Waals surface area contributed by atoms with Crippen LogP contribution >= 0.6 is 0 Å². The summed E-state index contributed by atoms with van der Waals surface area (Å²) in [6.45, 7) is 2.25. The molecule has 1 rings (SSSR count). The van der Waals surface area contributed by atoms with E-state index in [9.17, 15) is 4.79 Å². The number of unbranched alkanes of at least 4 members (excludes halogenated alkanes) is 7. The van der Waals surface area contributed by atoms with Gasteiger partial charge in [0.05, 0.1) is 0 Å². The Balaban J connectivity index is 1.97. The summed E-state index contributed by atoms with van der Waals surface area (Å²) < 4.78 is 0. The summed E-state index contributed by atoms with van der Waals surface area (Å²) in [5, 5.41) is 0. The fraction of sp³-hybridized carbons (Fsp3) is 0.944. The van der Waals surface area contributed by atoms with Crippen LogP contribution in [0.2, 0.25) is 0 Å². The molecule has 0 spiro atoms. The van der Waals surface area contributed by atoms with Gasteiger partial charge in [0, 0.05) is 18.4 Å². The monoisotopic (exact) mass is 281 g/mol. The van der Waals surface area contributed by atoms with Crippen molar-refractivity contribution >= 4 is 5.78 Å². The summed E-state index contributed by atoms with van der Waals surface area (Å²) in [6.07, 6.45) is 17.6. The van der Waals surface area contributed by atoms with Crippen molar-refractivity contribution in [2.75, 3.05) is 0 Å². The Hall–Kier alpha value is -0.370.